The Morgan fingerprint density at radius 3 is 2.81 bits per heavy atom. The molecule has 2 aromatic rings. The summed E-state index contributed by atoms with van der Waals surface area (Å²) < 4.78 is 2.20. The van der Waals surface area contributed by atoms with Crippen molar-refractivity contribution in [2.75, 3.05) is 32.8 Å². The van der Waals surface area contributed by atoms with Gasteiger partial charge in [-0.05, 0) is 56.8 Å². The predicted octanol–water partition coefficient (Wildman–Crippen LogP) is 1.84. The average Bonchev–Trinajstić information content (AvgIpc) is 2.96. The second-order valence-corrected chi connectivity index (χ2v) is 7.89. The molecule has 0 aliphatic carbocycles. The third kappa shape index (κ3) is 3.23. The van der Waals surface area contributed by atoms with Crippen LogP contribution in [0.5, 0.6) is 0 Å². The summed E-state index contributed by atoms with van der Waals surface area (Å²) in [4.78, 5) is 21.1. The molecule has 4 heterocycles. The number of aromatic nitrogens is 2. The van der Waals surface area contributed by atoms with Crippen LogP contribution < -0.4 is 0 Å². The maximum Gasteiger partial charge on any atom is 0.222 e. The number of carbonyl (C=O) groups is 1. The van der Waals surface area contributed by atoms with Crippen molar-refractivity contribution in [1.82, 2.24) is 19.2 Å². The van der Waals surface area contributed by atoms with E-state index >= 15 is 0 Å². The summed E-state index contributed by atoms with van der Waals surface area (Å²) >= 11 is 0. The van der Waals surface area contributed by atoms with Crippen molar-refractivity contribution in [3.05, 3.63) is 35.8 Å². The lowest BCUT2D eigenvalue weighted by Gasteiger charge is -2.47. The number of likely N-dealkylation sites (tertiary alicyclic amines) is 2. The van der Waals surface area contributed by atoms with Gasteiger partial charge in [0.2, 0.25) is 5.91 Å². The van der Waals surface area contributed by atoms with Crippen LogP contribution in [-0.2, 0) is 11.3 Å². The second-order valence-electron chi connectivity index (χ2n) is 7.89. The van der Waals surface area contributed by atoms with E-state index in [1.807, 2.05) is 11.0 Å². The summed E-state index contributed by atoms with van der Waals surface area (Å²) in [6.45, 7) is 6.47. The number of amides is 1. The Balaban J connectivity index is 1.42. The zero-order valence-corrected chi connectivity index (χ0v) is 15.5. The maximum atomic E-state index is 12.0. The van der Waals surface area contributed by atoms with Crippen LogP contribution in [0.25, 0.3) is 5.65 Å². The number of fused-ring (bicyclic) bond motifs is 1. The van der Waals surface area contributed by atoms with Crippen molar-refractivity contribution < 1.29 is 9.90 Å². The molecule has 0 bridgehead atoms. The van der Waals surface area contributed by atoms with Gasteiger partial charge in [0.25, 0.3) is 0 Å². The number of aliphatic hydroxyl groups excluding tert-OH is 1. The van der Waals surface area contributed by atoms with Crippen LogP contribution in [0.15, 0.2) is 24.4 Å². The Morgan fingerprint density at radius 1 is 1.23 bits per heavy atom. The number of imidazole rings is 1. The number of nitrogens with zero attached hydrogens (tertiary/aromatic N) is 4. The topological polar surface area (TPSA) is 61.1 Å². The highest BCUT2D eigenvalue weighted by Crippen LogP contribution is 2.40. The molecular formula is C20H28N4O2. The molecule has 1 amide bonds. The van der Waals surface area contributed by atoms with Crippen molar-refractivity contribution >= 4 is 11.6 Å². The molecule has 0 radical (unpaired) electrons. The van der Waals surface area contributed by atoms with Gasteiger partial charge < -0.3 is 14.4 Å². The molecule has 2 aliphatic heterocycles. The molecule has 0 aromatic carbocycles. The van der Waals surface area contributed by atoms with Gasteiger partial charge in [-0.1, -0.05) is 6.07 Å². The van der Waals surface area contributed by atoms with Crippen LogP contribution in [0.4, 0.5) is 0 Å². The Hall–Kier alpha value is -1.92. The van der Waals surface area contributed by atoms with Crippen molar-refractivity contribution in [2.24, 2.45) is 5.41 Å². The van der Waals surface area contributed by atoms with Crippen LogP contribution in [-0.4, -0.2) is 63.0 Å². The van der Waals surface area contributed by atoms with E-state index in [0.29, 0.717) is 13.0 Å². The lowest BCUT2D eigenvalue weighted by Crippen LogP contribution is -2.52. The van der Waals surface area contributed by atoms with Gasteiger partial charge in [0.15, 0.2) is 0 Å². The normalized spacial score (nSPS) is 21.0. The second kappa shape index (κ2) is 7.00. The fraction of sp³-hybridized carbons (Fsp3) is 0.600. The van der Waals surface area contributed by atoms with Gasteiger partial charge >= 0.3 is 0 Å². The largest absolute Gasteiger partial charge is 0.395 e. The van der Waals surface area contributed by atoms with E-state index in [1.165, 1.54) is 5.69 Å². The number of pyridine rings is 1. The molecular weight excluding hydrogens is 328 g/mol. The van der Waals surface area contributed by atoms with Crippen molar-refractivity contribution in [3.8, 4) is 0 Å². The van der Waals surface area contributed by atoms with Gasteiger partial charge in [0.05, 0.1) is 18.0 Å². The molecule has 2 aliphatic rings. The highest BCUT2D eigenvalue weighted by molar-refractivity contribution is 5.77. The lowest BCUT2D eigenvalue weighted by molar-refractivity contribution is -0.139. The first-order chi connectivity index (χ1) is 12.6. The number of piperidine rings is 2. The molecule has 1 N–H and O–H groups in total. The molecule has 2 aromatic heterocycles. The fourth-order valence-corrected chi connectivity index (χ4v) is 4.59. The van der Waals surface area contributed by atoms with Crippen LogP contribution in [0.1, 0.15) is 37.1 Å². The highest BCUT2D eigenvalue weighted by atomic mass is 16.3. The summed E-state index contributed by atoms with van der Waals surface area (Å²) in [6, 6.07) is 6.13. The quantitative estimate of drug-likeness (QED) is 0.908. The molecule has 0 saturated carbocycles. The van der Waals surface area contributed by atoms with Crippen LogP contribution in [0.3, 0.4) is 0 Å². The first kappa shape index (κ1) is 17.5. The maximum absolute atomic E-state index is 12.0. The van der Waals surface area contributed by atoms with Gasteiger partial charge in [-0.25, -0.2) is 4.98 Å². The lowest BCUT2D eigenvalue weighted by atomic mass is 9.72. The molecule has 2 fully saturated rings. The Bertz CT molecular complexity index is 792. The van der Waals surface area contributed by atoms with Gasteiger partial charge in [0, 0.05) is 32.3 Å². The zero-order valence-electron chi connectivity index (χ0n) is 15.5. The number of rotatable bonds is 4. The van der Waals surface area contributed by atoms with Gasteiger partial charge in [-0.15, -0.1) is 0 Å². The molecule has 2 saturated heterocycles. The summed E-state index contributed by atoms with van der Waals surface area (Å²) in [5.41, 5.74) is 3.64. The Kier molecular flexibility index (Phi) is 4.71. The molecule has 6 heteroatoms. The molecule has 4 rings (SSSR count). The summed E-state index contributed by atoms with van der Waals surface area (Å²) in [5.74, 6) is 0.202. The third-order valence-electron chi connectivity index (χ3n) is 6.24. The minimum absolute atomic E-state index is 0.0571. The van der Waals surface area contributed by atoms with E-state index in [4.69, 9.17) is 0 Å². The van der Waals surface area contributed by atoms with Crippen molar-refractivity contribution in [2.45, 2.75) is 39.2 Å². The van der Waals surface area contributed by atoms with Gasteiger partial charge in [-0.2, -0.15) is 0 Å². The highest BCUT2D eigenvalue weighted by Gasteiger charge is 2.40. The summed E-state index contributed by atoms with van der Waals surface area (Å²) in [6.07, 6.45) is 5.97. The first-order valence-electron chi connectivity index (χ1n) is 9.64. The first-order valence-corrected chi connectivity index (χ1v) is 9.64. The number of aliphatic hydroxyl groups is 1. The van der Waals surface area contributed by atoms with E-state index in [-0.39, 0.29) is 17.9 Å². The SMILES string of the molecule is Cc1nc2ccccn2c1CN1CCC2(CCC(=O)N(CCO)C2)CC1. The molecule has 1 spiro atoms. The summed E-state index contributed by atoms with van der Waals surface area (Å²) in [7, 11) is 0. The molecule has 140 valence electrons. The fourth-order valence-electron chi connectivity index (χ4n) is 4.59. The van der Waals surface area contributed by atoms with Crippen molar-refractivity contribution in [1.29, 1.82) is 0 Å². The van der Waals surface area contributed by atoms with Crippen LogP contribution in [0, 0.1) is 12.3 Å². The number of hydrogen-bond acceptors (Lipinski definition) is 4. The average molecular weight is 356 g/mol. The van der Waals surface area contributed by atoms with E-state index in [1.54, 1.807) is 0 Å². The van der Waals surface area contributed by atoms with Crippen LogP contribution >= 0.6 is 0 Å². The zero-order chi connectivity index (χ0) is 18.1. The standard InChI is InChI=1S/C20H28N4O2/c1-16-17(24-9-3-2-4-18(24)21-16)14-22-10-7-20(8-11-22)6-5-19(26)23(15-20)12-13-25/h2-4,9,25H,5-8,10-15H2,1H3. The molecule has 6 nitrogen and oxygen atoms in total. The smallest absolute Gasteiger partial charge is 0.222 e. The minimum Gasteiger partial charge on any atom is -0.395 e. The van der Waals surface area contributed by atoms with E-state index in [2.05, 4.69) is 39.5 Å². The number of carbonyl (C=O) groups excluding carboxylic acids is 1. The van der Waals surface area contributed by atoms with Gasteiger partial charge in [-0.3, -0.25) is 9.69 Å². The Morgan fingerprint density at radius 2 is 2.04 bits per heavy atom. The van der Waals surface area contributed by atoms with Crippen LogP contribution in [0.2, 0.25) is 0 Å². The van der Waals surface area contributed by atoms with E-state index < -0.39 is 0 Å². The molecule has 0 unspecified atom stereocenters. The third-order valence-corrected chi connectivity index (χ3v) is 6.24. The monoisotopic (exact) mass is 356 g/mol. The molecule has 0 atom stereocenters. The molecule has 26 heavy (non-hydrogen) atoms. The van der Waals surface area contributed by atoms with E-state index in [9.17, 15) is 9.90 Å². The predicted molar refractivity (Wildman–Crippen MR) is 99.8 cm³/mol. The minimum atomic E-state index is 0.0571. The Labute approximate surface area is 154 Å². The van der Waals surface area contributed by atoms with E-state index in [0.717, 1.165) is 56.8 Å². The number of aryl methyl sites for hydroxylation is 1. The number of hydrogen-bond donors (Lipinski definition) is 1. The summed E-state index contributed by atoms with van der Waals surface area (Å²) in [5, 5.41) is 9.21. The number of β-amino-alcohol motifs (C(OH)–C–C–N with tert-alkyl or cyclic N) is 1. The van der Waals surface area contributed by atoms with Gasteiger partial charge in [0.1, 0.15) is 5.65 Å². The van der Waals surface area contributed by atoms with Crippen molar-refractivity contribution in [3.63, 3.8) is 0 Å².